The van der Waals surface area contributed by atoms with Crippen LogP contribution in [0.15, 0.2) is 18.5 Å². The average molecular weight is 320 g/mol. The van der Waals surface area contributed by atoms with Gasteiger partial charge in [-0.15, -0.1) is 0 Å². The average Bonchev–Trinajstić information content (AvgIpc) is 2.80. The van der Waals surface area contributed by atoms with Gasteiger partial charge in [-0.2, -0.15) is 28.2 Å². The largest absolute Gasteiger partial charge is 0.417 e. The van der Waals surface area contributed by atoms with Crippen molar-refractivity contribution in [3.63, 3.8) is 0 Å². The Kier molecular flexibility index (Phi) is 4.12. The Morgan fingerprint density at radius 1 is 1.43 bits per heavy atom. The number of carbonyl (C=O) groups is 1. The van der Waals surface area contributed by atoms with Gasteiger partial charge in [0.2, 0.25) is 0 Å². The molecule has 2 rings (SSSR count). The Labute approximate surface area is 121 Å². The number of alkyl halides is 3. The molecule has 1 amide bonds. The normalized spacial score (nSPS) is 11.5. The maximum atomic E-state index is 12.5. The number of aryl methyl sites for hydroxylation is 1. The molecule has 0 fully saturated rings. The van der Waals surface area contributed by atoms with Gasteiger partial charge in [0.15, 0.2) is 0 Å². The number of carbonyl (C=O) groups excluding carboxylic acids is 1. The molecule has 0 aliphatic rings. The predicted octanol–water partition coefficient (Wildman–Crippen LogP) is 1.81. The van der Waals surface area contributed by atoms with Gasteiger partial charge in [0.1, 0.15) is 11.4 Å². The summed E-state index contributed by atoms with van der Waals surface area (Å²) in [5, 5.41) is 9.82. The van der Waals surface area contributed by atoms with Crippen LogP contribution in [0.2, 0.25) is 5.02 Å². The minimum Gasteiger partial charge on any atom is -0.345 e. The van der Waals surface area contributed by atoms with Crippen molar-refractivity contribution in [2.24, 2.45) is 7.05 Å². The number of rotatable bonds is 3. The highest BCUT2D eigenvalue weighted by Gasteiger charge is 2.32. The standard InChI is InChI=1S/C11H9ClF3N5O/c1-20-18-5-7(19-20)4-17-10(21)9-8(12)2-6(3-16-9)11(13,14)15/h2-3,5H,4H2,1H3,(H,17,21). The summed E-state index contributed by atoms with van der Waals surface area (Å²) in [5.74, 6) is -0.695. The molecule has 0 aromatic carbocycles. The number of nitrogens with one attached hydrogen (secondary N) is 1. The lowest BCUT2D eigenvalue weighted by Gasteiger charge is -2.09. The molecule has 1 N–H and O–H groups in total. The first kappa shape index (κ1) is 15.2. The highest BCUT2D eigenvalue weighted by Crippen LogP contribution is 2.30. The van der Waals surface area contributed by atoms with Crippen LogP contribution in [0.3, 0.4) is 0 Å². The van der Waals surface area contributed by atoms with Crippen LogP contribution >= 0.6 is 11.6 Å². The lowest BCUT2D eigenvalue weighted by molar-refractivity contribution is -0.137. The summed E-state index contributed by atoms with van der Waals surface area (Å²) in [5.41, 5.74) is -0.805. The van der Waals surface area contributed by atoms with E-state index in [2.05, 4.69) is 20.5 Å². The monoisotopic (exact) mass is 319 g/mol. The zero-order valence-electron chi connectivity index (χ0n) is 10.6. The molecule has 0 aliphatic heterocycles. The molecule has 0 aliphatic carbocycles. The molecule has 2 heterocycles. The van der Waals surface area contributed by atoms with E-state index in [1.54, 1.807) is 7.05 Å². The molecule has 10 heteroatoms. The summed E-state index contributed by atoms with van der Waals surface area (Å²) in [6.07, 6.45) is -2.56. The van der Waals surface area contributed by atoms with Crippen molar-refractivity contribution in [2.45, 2.75) is 12.7 Å². The number of hydrogen-bond acceptors (Lipinski definition) is 4. The number of aromatic nitrogens is 4. The lowest BCUT2D eigenvalue weighted by Crippen LogP contribution is -2.24. The van der Waals surface area contributed by atoms with Gasteiger partial charge in [-0.3, -0.25) is 4.79 Å². The first-order valence-electron chi connectivity index (χ1n) is 5.63. The Balaban J connectivity index is 2.09. The van der Waals surface area contributed by atoms with E-state index in [9.17, 15) is 18.0 Å². The van der Waals surface area contributed by atoms with Crippen LogP contribution in [0.4, 0.5) is 13.2 Å². The van der Waals surface area contributed by atoms with E-state index in [0.717, 1.165) is 0 Å². The van der Waals surface area contributed by atoms with Crippen LogP contribution in [0.5, 0.6) is 0 Å². The highest BCUT2D eigenvalue weighted by atomic mass is 35.5. The zero-order valence-corrected chi connectivity index (χ0v) is 11.4. The first-order valence-corrected chi connectivity index (χ1v) is 6.01. The van der Waals surface area contributed by atoms with E-state index < -0.39 is 17.6 Å². The fourth-order valence-corrected chi connectivity index (χ4v) is 1.74. The quantitative estimate of drug-likeness (QED) is 0.936. The molecule has 6 nitrogen and oxygen atoms in total. The highest BCUT2D eigenvalue weighted by molar-refractivity contribution is 6.33. The third kappa shape index (κ3) is 3.69. The number of hydrogen-bond donors (Lipinski definition) is 1. The van der Waals surface area contributed by atoms with Gasteiger partial charge in [0, 0.05) is 13.2 Å². The van der Waals surface area contributed by atoms with E-state index in [0.29, 0.717) is 18.0 Å². The van der Waals surface area contributed by atoms with Crippen molar-refractivity contribution >= 4 is 17.5 Å². The Morgan fingerprint density at radius 3 is 2.67 bits per heavy atom. The van der Waals surface area contributed by atoms with Gasteiger partial charge in [0.05, 0.1) is 23.3 Å². The van der Waals surface area contributed by atoms with Gasteiger partial charge in [0.25, 0.3) is 5.91 Å². The van der Waals surface area contributed by atoms with E-state index >= 15 is 0 Å². The summed E-state index contributed by atoms with van der Waals surface area (Å²) in [4.78, 5) is 16.6. The van der Waals surface area contributed by atoms with Crippen LogP contribution in [-0.2, 0) is 19.8 Å². The Morgan fingerprint density at radius 2 is 2.14 bits per heavy atom. The Bertz CT molecular complexity index is 670. The molecule has 0 atom stereocenters. The van der Waals surface area contributed by atoms with Crippen LogP contribution < -0.4 is 5.32 Å². The summed E-state index contributed by atoms with van der Waals surface area (Å²) < 4.78 is 37.4. The maximum Gasteiger partial charge on any atom is 0.417 e. The number of nitrogens with zero attached hydrogens (tertiary/aromatic N) is 4. The molecular weight excluding hydrogens is 311 g/mol. The summed E-state index contributed by atoms with van der Waals surface area (Å²) in [6, 6.07) is 0.659. The number of halogens is 4. The van der Waals surface area contributed by atoms with E-state index in [1.807, 2.05) is 0 Å². The minimum absolute atomic E-state index is 0.0612. The van der Waals surface area contributed by atoms with Gasteiger partial charge in [-0.1, -0.05) is 11.6 Å². The van der Waals surface area contributed by atoms with Crippen LogP contribution in [0.25, 0.3) is 0 Å². The fourth-order valence-electron chi connectivity index (χ4n) is 1.48. The van der Waals surface area contributed by atoms with Crippen molar-refractivity contribution in [3.8, 4) is 0 Å². The SMILES string of the molecule is Cn1ncc(CNC(=O)c2ncc(C(F)(F)F)cc2Cl)n1. The van der Waals surface area contributed by atoms with Gasteiger partial charge >= 0.3 is 6.18 Å². The molecule has 21 heavy (non-hydrogen) atoms. The molecule has 112 valence electrons. The van der Waals surface area contributed by atoms with E-state index in [-0.39, 0.29) is 17.3 Å². The fraction of sp³-hybridized carbons (Fsp3) is 0.273. The maximum absolute atomic E-state index is 12.5. The molecule has 2 aromatic heterocycles. The molecule has 0 radical (unpaired) electrons. The molecule has 2 aromatic rings. The molecule has 0 unspecified atom stereocenters. The second-order valence-corrected chi connectivity index (χ2v) is 4.47. The van der Waals surface area contributed by atoms with Crippen molar-refractivity contribution in [1.82, 2.24) is 25.3 Å². The van der Waals surface area contributed by atoms with Crippen molar-refractivity contribution in [1.29, 1.82) is 0 Å². The molecule has 0 saturated heterocycles. The third-order valence-corrected chi connectivity index (χ3v) is 2.75. The minimum atomic E-state index is -4.56. The Hall–Kier alpha value is -2.16. The predicted molar refractivity (Wildman–Crippen MR) is 66.4 cm³/mol. The lowest BCUT2D eigenvalue weighted by atomic mass is 10.2. The topological polar surface area (TPSA) is 72.7 Å². The summed E-state index contributed by atoms with van der Waals surface area (Å²) >= 11 is 5.66. The summed E-state index contributed by atoms with van der Waals surface area (Å²) in [7, 11) is 1.61. The smallest absolute Gasteiger partial charge is 0.345 e. The number of amides is 1. The van der Waals surface area contributed by atoms with Crippen LogP contribution in [0, 0.1) is 0 Å². The van der Waals surface area contributed by atoms with Crippen LogP contribution in [-0.4, -0.2) is 25.9 Å². The molecule has 0 saturated carbocycles. The van der Waals surface area contributed by atoms with Crippen molar-refractivity contribution in [3.05, 3.63) is 40.4 Å². The van der Waals surface area contributed by atoms with Gasteiger partial charge in [-0.25, -0.2) is 4.98 Å². The van der Waals surface area contributed by atoms with Crippen LogP contribution in [0.1, 0.15) is 21.7 Å². The first-order chi connectivity index (χ1) is 9.77. The van der Waals surface area contributed by atoms with E-state index in [4.69, 9.17) is 11.6 Å². The summed E-state index contributed by atoms with van der Waals surface area (Å²) in [6.45, 7) is 0.0612. The number of pyridine rings is 1. The molecular formula is C11H9ClF3N5O. The van der Waals surface area contributed by atoms with E-state index in [1.165, 1.54) is 11.0 Å². The second kappa shape index (κ2) is 5.68. The van der Waals surface area contributed by atoms with Crippen molar-refractivity contribution < 1.29 is 18.0 Å². The molecule has 0 spiro atoms. The van der Waals surface area contributed by atoms with Gasteiger partial charge in [-0.05, 0) is 6.07 Å². The molecule has 0 bridgehead atoms. The second-order valence-electron chi connectivity index (χ2n) is 4.06. The van der Waals surface area contributed by atoms with Gasteiger partial charge < -0.3 is 5.32 Å². The van der Waals surface area contributed by atoms with Crippen molar-refractivity contribution in [2.75, 3.05) is 0 Å². The third-order valence-electron chi connectivity index (χ3n) is 2.46. The zero-order chi connectivity index (χ0) is 15.6.